The highest BCUT2D eigenvalue weighted by atomic mass is 35.5. The third-order valence-electron chi connectivity index (χ3n) is 4.26. The average Bonchev–Trinajstić information content (AvgIpc) is 2.70. The summed E-state index contributed by atoms with van der Waals surface area (Å²) in [6.07, 6.45) is 5.48. The Bertz CT molecular complexity index is 600. The van der Waals surface area contributed by atoms with Gasteiger partial charge in [0, 0.05) is 17.1 Å². The third-order valence-corrected chi connectivity index (χ3v) is 4.51. The van der Waals surface area contributed by atoms with Crippen LogP contribution in [0.15, 0.2) is 30.3 Å². The van der Waals surface area contributed by atoms with Gasteiger partial charge in [-0.2, -0.15) is 0 Å². The molecule has 1 saturated heterocycles. The van der Waals surface area contributed by atoms with E-state index in [1.165, 1.54) is 30.4 Å². The van der Waals surface area contributed by atoms with Gasteiger partial charge >= 0.3 is 11.9 Å². The molecule has 23 heavy (non-hydrogen) atoms. The number of halogens is 1. The van der Waals surface area contributed by atoms with Gasteiger partial charge in [0.1, 0.15) is 6.42 Å². The van der Waals surface area contributed by atoms with Crippen LogP contribution < -0.4 is 0 Å². The summed E-state index contributed by atoms with van der Waals surface area (Å²) in [5.74, 6) is -2.62. The standard InChI is InChI=1S/C14H16ClN.C3H4O4/c1-16-13-6-7-14(16)9-11(8-13)10-2-4-12(15)5-3-10;4-2(5)1-3(6)7/h2-5,8,13-14H,6-7,9H2,1H3;1H2,(H,4,5)(H,6,7). The zero-order valence-corrected chi connectivity index (χ0v) is 13.7. The number of nitrogens with zero attached hydrogens (tertiary/aromatic N) is 1. The molecule has 2 aliphatic rings. The molecule has 1 fully saturated rings. The fraction of sp³-hybridized carbons (Fsp3) is 0.412. The molecule has 5 nitrogen and oxygen atoms in total. The molecule has 1 aromatic rings. The number of carbonyl (C=O) groups is 2. The van der Waals surface area contributed by atoms with Gasteiger partial charge in [0.15, 0.2) is 0 Å². The molecule has 2 bridgehead atoms. The first kappa shape index (κ1) is 17.5. The number of hydrogen-bond donors (Lipinski definition) is 2. The summed E-state index contributed by atoms with van der Waals surface area (Å²) in [7, 11) is 2.25. The van der Waals surface area contributed by atoms with E-state index in [4.69, 9.17) is 21.8 Å². The molecule has 0 spiro atoms. The second-order valence-electron chi connectivity index (χ2n) is 5.83. The van der Waals surface area contributed by atoms with Gasteiger partial charge in [0.25, 0.3) is 0 Å². The summed E-state index contributed by atoms with van der Waals surface area (Å²) in [6, 6.07) is 9.65. The molecular weight excluding hydrogens is 318 g/mol. The van der Waals surface area contributed by atoms with E-state index in [1.807, 2.05) is 12.1 Å². The first-order valence-corrected chi connectivity index (χ1v) is 7.86. The molecule has 2 heterocycles. The summed E-state index contributed by atoms with van der Waals surface area (Å²) in [6.45, 7) is 0. The highest BCUT2D eigenvalue weighted by Crippen LogP contribution is 2.37. The first-order valence-electron chi connectivity index (χ1n) is 7.49. The van der Waals surface area contributed by atoms with Crippen molar-refractivity contribution in [2.24, 2.45) is 0 Å². The Morgan fingerprint density at radius 3 is 2.26 bits per heavy atom. The number of fused-ring (bicyclic) bond motifs is 2. The Labute approximate surface area is 140 Å². The van der Waals surface area contributed by atoms with Crippen LogP contribution >= 0.6 is 11.6 Å². The van der Waals surface area contributed by atoms with Gasteiger partial charge in [-0.25, -0.2) is 0 Å². The van der Waals surface area contributed by atoms with Crippen molar-refractivity contribution in [2.45, 2.75) is 37.8 Å². The Morgan fingerprint density at radius 2 is 1.78 bits per heavy atom. The van der Waals surface area contributed by atoms with Crippen LogP contribution in [0.5, 0.6) is 0 Å². The Morgan fingerprint density at radius 1 is 1.17 bits per heavy atom. The molecule has 1 aromatic carbocycles. The van der Waals surface area contributed by atoms with E-state index in [9.17, 15) is 9.59 Å². The van der Waals surface area contributed by atoms with E-state index in [0.717, 1.165) is 11.1 Å². The lowest BCUT2D eigenvalue weighted by atomic mass is 9.95. The van der Waals surface area contributed by atoms with Crippen molar-refractivity contribution in [3.05, 3.63) is 40.9 Å². The van der Waals surface area contributed by atoms with Gasteiger partial charge in [0.05, 0.1) is 0 Å². The van der Waals surface area contributed by atoms with Crippen molar-refractivity contribution < 1.29 is 19.8 Å². The van der Waals surface area contributed by atoms with Crippen molar-refractivity contribution >= 4 is 29.1 Å². The van der Waals surface area contributed by atoms with Gasteiger partial charge < -0.3 is 10.2 Å². The van der Waals surface area contributed by atoms with Gasteiger partial charge in [-0.3, -0.25) is 14.5 Å². The average molecular weight is 338 g/mol. The summed E-state index contributed by atoms with van der Waals surface area (Å²) in [5.41, 5.74) is 2.84. The number of rotatable bonds is 3. The predicted octanol–water partition coefficient (Wildman–Crippen LogP) is 3.14. The van der Waals surface area contributed by atoms with Gasteiger partial charge in [-0.1, -0.05) is 29.8 Å². The minimum Gasteiger partial charge on any atom is -0.481 e. The maximum Gasteiger partial charge on any atom is 0.314 e. The quantitative estimate of drug-likeness (QED) is 0.828. The van der Waals surface area contributed by atoms with Crippen molar-refractivity contribution in [3.63, 3.8) is 0 Å². The zero-order chi connectivity index (χ0) is 17.0. The topological polar surface area (TPSA) is 77.8 Å². The first-order chi connectivity index (χ1) is 10.9. The number of hydrogen-bond acceptors (Lipinski definition) is 3. The minimum absolute atomic E-state index is 0.657. The third kappa shape index (κ3) is 4.81. The molecule has 124 valence electrons. The highest BCUT2D eigenvalue weighted by Gasteiger charge is 2.33. The highest BCUT2D eigenvalue weighted by molar-refractivity contribution is 6.30. The van der Waals surface area contributed by atoms with E-state index in [2.05, 4.69) is 30.2 Å². The number of likely N-dealkylation sites (N-methyl/N-ethyl adjacent to an activating group) is 1. The molecule has 2 atom stereocenters. The summed E-state index contributed by atoms with van der Waals surface area (Å²) < 4.78 is 0. The summed E-state index contributed by atoms with van der Waals surface area (Å²) in [5, 5.41) is 16.2. The lowest BCUT2D eigenvalue weighted by molar-refractivity contribution is -0.147. The van der Waals surface area contributed by atoms with Crippen molar-refractivity contribution in [1.82, 2.24) is 4.90 Å². The molecule has 0 aromatic heterocycles. The largest absolute Gasteiger partial charge is 0.481 e. The summed E-state index contributed by atoms with van der Waals surface area (Å²) in [4.78, 5) is 21.4. The maximum atomic E-state index is 9.43. The molecule has 2 unspecified atom stereocenters. The Balaban J connectivity index is 0.000000236. The van der Waals surface area contributed by atoms with Gasteiger partial charge in [0.2, 0.25) is 0 Å². The molecule has 0 saturated carbocycles. The fourth-order valence-electron chi connectivity index (χ4n) is 3.05. The van der Waals surface area contributed by atoms with Crippen LogP contribution in [0.2, 0.25) is 5.02 Å². The van der Waals surface area contributed by atoms with Gasteiger partial charge in [-0.15, -0.1) is 0 Å². The van der Waals surface area contributed by atoms with E-state index in [-0.39, 0.29) is 0 Å². The van der Waals surface area contributed by atoms with Crippen molar-refractivity contribution in [3.8, 4) is 0 Å². The second-order valence-corrected chi connectivity index (χ2v) is 6.27. The minimum atomic E-state index is -1.31. The van der Waals surface area contributed by atoms with Crippen LogP contribution in [0, 0.1) is 0 Å². The molecule has 6 heteroatoms. The van der Waals surface area contributed by atoms with Gasteiger partial charge in [-0.05, 0) is 49.6 Å². The van der Waals surface area contributed by atoms with Crippen LogP contribution in [0.25, 0.3) is 5.57 Å². The summed E-state index contributed by atoms with van der Waals surface area (Å²) >= 11 is 5.92. The second kappa shape index (κ2) is 7.62. The van der Waals surface area contributed by atoms with Crippen molar-refractivity contribution in [2.75, 3.05) is 7.05 Å². The molecule has 3 rings (SSSR count). The maximum absolute atomic E-state index is 9.43. The molecular formula is C17H20ClNO4. The normalized spacial score (nSPS) is 22.8. The smallest absolute Gasteiger partial charge is 0.314 e. The number of carboxylic acids is 2. The van der Waals surface area contributed by atoms with E-state index < -0.39 is 18.4 Å². The Kier molecular flexibility index (Phi) is 5.80. The van der Waals surface area contributed by atoms with Crippen LogP contribution in [-0.4, -0.2) is 46.2 Å². The number of carboxylic acid groups (broad SMARTS) is 2. The lowest BCUT2D eigenvalue weighted by Gasteiger charge is -2.30. The number of benzene rings is 1. The zero-order valence-electron chi connectivity index (χ0n) is 12.9. The van der Waals surface area contributed by atoms with E-state index in [0.29, 0.717) is 6.04 Å². The van der Waals surface area contributed by atoms with Crippen LogP contribution in [0.3, 0.4) is 0 Å². The predicted molar refractivity (Wildman–Crippen MR) is 88.5 cm³/mol. The monoisotopic (exact) mass is 337 g/mol. The molecule has 0 aliphatic carbocycles. The molecule has 0 radical (unpaired) electrons. The SMILES string of the molecule is CN1C2C=C(c3ccc(Cl)cc3)CC1CC2.O=C(O)CC(=O)O. The van der Waals surface area contributed by atoms with Crippen LogP contribution in [0.1, 0.15) is 31.2 Å². The van der Waals surface area contributed by atoms with Crippen molar-refractivity contribution in [1.29, 1.82) is 0 Å². The van der Waals surface area contributed by atoms with E-state index >= 15 is 0 Å². The van der Waals surface area contributed by atoms with E-state index in [1.54, 1.807) is 0 Å². The van der Waals surface area contributed by atoms with Crippen LogP contribution in [0.4, 0.5) is 0 Å². The van der Waals surface area contributed by atoms with Crippen LogP contribution in [-0.2, 0) is 9.59 Å². The lowest BCUT2D eigenvalue weighted by Crippen LogP contribution is -2.34. The molecule has 2 aliphatic heterocycles. The molecule has 2 N–H and O–H groups in total. The fourth-order valence-corrected chi connectivity index (χ4v) is 3.18. The Hall–Kier alpha value is -1.85. The molecule has 0 amide bonds. The number of aliphatic carboxylic acids is 2.